The third-order valence-electron chi connectivity index (χ3n) is 7.45. The quantitative estimate of drug-likeness (QED) is 0.619. The van der Waals surface area contributed by atoms with Crippen LogP contribution < -0.4 is 10.6 Å². The Labute approximate surface area is 211 Å². The van der Waals surface area contributed by atoms with Gasteiger partial charge in [-0.25, -0.2) is 14.5 Å². The summed E-state index contributed by atoms with van der Waals surface area (Å²) >= 11 is 0. The molecule has 2 aliphatic carbocycles. The molecule has 5 rings (SSSR count). The molecule has 1 aliphatic heterocycles. The van der Waals surface area contributed by atoms with Gasteiger partial charge in [0.2, 0.25) is 11.5 Å². The van der Waals surface area contributed by atoms with E-state index in [1.165, 1.54) is 7.05 Å². The normalized spacial score (nSPS) is 23.7. The first-order valence-electron chi connectivity index (χ1n) is 12.7. The highest BCUT2D eigenvalue weighted by atomic mass is 16.6. The van der Waals surface area contributed by atoms with Gasteiger partial charge >= 0.3 is 12.1 Å². The molecule has 1 saturated carbocycles. The molecule has 3 atom stereocenters. The van der Waals surface area contributed by atoms with Crippen molar-refractivity contribution in [1.29, 1.82) is 0 Å². The van der Waals surface area contributed by atoms with Gasteiger partial charge in [-0.1, -0.05) is 54.6 Å². The first-order valence-corrected chi connectivity index (χ1v) is 12.2. The monoisotopic (exact) mass is 491 g/mol. The first kappa shape index (κ1) is 22.6. The van der Waals surface area contributed by atoms with E-state index >= 15 is 0 Å². The number of urea groups is 1. The lowest BCUT2D eigenvalue weighted by Crippen LogP contribution is -2.55. The molecule has 0 radical (unpaired) electrons. The third-order valence-corrected chi connectivity index (χ3v) is 7.45. The third kappa shape index (κ3) is 4.08. The lowest BCUT2D eigenvalue weighted by Gasteiger charge is -2.31. The molecule has 2 N–H and O–H groups in total. The fraction of sp³-hybridized carbons (Fsp3) is 0.407. The SMILES string of the molecule is [2H]c1ccc(CN(C(=O)CN2C(=O)OC3(C2=O)c2ccccc2CC3NC(=O)NC)[C@@H](C)C2CC2)cc1. The van der Waals surface area contributed by atoms with Gasteiger partial charge in [-0.15, -0.1) is 0 Å². The predicted octanol–water partition coefficient (Wildman–Crippen LogP) is 2.54. The molecule has 2 fully saturated rings. The maximum Gasteiger partial charge on any atom is 0.418 e. The predicted molar refractivity (Wildman–Crippen MR) is 131 cm³/mol. The van der Waals surface area contributed by atoms with Crippen LogP contribution in [0.15, 0.2) is 54.6 Å². The number of amides is 5. The van der Waals surface area contributed by atoms with Crippen LogP contribution in [-0.4, -0.2) is 59.4 Å². The number of carbonyl (C=O) groups excluding carboxylic acids is 4. The second-order valence-electron chi connectivity index (χ2n) is 9.64. The van der Waals surface area contributed by atoms with Crippen molar-refractivity contribution in [2.45, 2.75) is 50.4 Å². The minimum atomic E-state index is -1.72. The van der Waals surface area contributed by atoms with Gasteiger partial charge in [0.15, 0.2) is 0 Å². The number of rotatable bonds is 7. The molecular weight excluding hydrogens is 460 g/mol. The van der Waals surface area contributed by atoms with Crippen molar-refractivity contribution in [1.82, 2.24) is 20.4 Å². The number of imide groups is 1. The van der Waals surface area contributed by atoms with Gasteiger partial charge in [0.05, 0.1) is 7.41 Å². The lowest BCUT2D eigenvalue weighted by molar-refractivity contribution is -0.144. The highest BCUT2D eigenvalue weighted by molar-refractivity contribution is 6.07. The molecule has 9 nitrogen and oxygen atoms in total. The van der Waals surface area contributed by atoms with Gasteiger partial charge in [-0.3, -0.25) is 9.59 Å². The fourth-order valence-corrected chi connectivity index (χ4v) is 5.28. The summed E-state index contributed by atoms with van der Waals surface area (Å²) in [5.74, 6) is -0.650. The second-order valence-corrected chi connectivity index (χ2v) is 9.64. The van der Waals surface area contributed by atoms with Crippen LogP contribution in [0.2, 0.25) is 0 Å². The lowest BCUT2D eigenvalue weighted by atomic mass is 9.91. The summed E-state index contributed by atoms with van der Waals surface area (Å²) < 4.78 is 13.5. The van der Waals surface area contributed by atoms with Gasteiger partial charge in [-0.2, -0.15) is 0 Å². The Kier molecular flexibility index (Phi) is 5.83. The van der Waals surface area contributed by atoms with Crippen molar-refractivity contribution in [3.8, 4) is 0 Å². The molecule has 9 heteroatoms. The Morgan fingerprint density at radius 3 is 2.61 bits per heavy atom. The number of nitrogens with one attached hydrogen (secondary N) is 2. The number of hydrogen-bond acceptors (Lipinski definition) is 5. The van der Waals surface area contributed by atoms with Gasteiger partial charge < -0.3 is 20.3 Å². The summed E-state index contributed by atoms with van der Waals surface area (Å²) in [5.41, 5.74) is 0.448. The van der Waals surface area contributed by atoms with Crippen molar-refractivity contribution >= 4 is 23.9 Å². The number of ether oxygens (including phenoxy) is 1. The Morgan fingerprint density at radius 1 is 1.19 bits per heavy atom. The Balaban J connectivity index is 1.41. The number of benzene rings is 2. The minimum Gasteiger partial charge on any atom is -0.425 e. The number of hydrogen-bond donors (Lipinski definition) is 2. The van der Waals surface area contributed by atoms with Crippen molar-refractivity contribution < 1.29 is 25.3 Å². The van der Waals surface area contributed by atoms with Crippen LogP contribution in [0.25, 0.3) is 0 Å². The largest absolute Gasteiger partial charge is 0.425 e. The zero-order chi connectivity index (χ0) is 26.3. The van der Waals surface area contributed by atoms with Gasteiger partial charge in [0, 0.05) is 25.2 Å². The number of carbonyl (C=O) groups is 4. The van der Waals surface area contributed by atoms with E-state index in [0.717, 1.165) is 28.9 Å². The fourth-order valence-electron chi connectivity index (χ4n) is 5.28. The molecule has 188 valence electrons. The molecule has 2 unspecified atom stereocenters. The molecule has 36 heavy (non-hydrogen) atoms. The molecule has 1 heterocycles. The van der Waals surface area contributed by atoms with Crippen molar-refractivity contribution in [3.05, 3.63) is 71.3 Å². The van der Waals surface area contributed by atoms with E-state index in [-0.39, 0.29) is 11.9 Å². The maximum atomic E-state index is 13.9. The molecule has 2 aromatic rings. The smallest absolute Gasteiger partial charge is 0.418 e. The van der Waals surface area contributed by atoms with Crippen molar-refractivity contribution in [2.75, 3.05) is 13.6 Å². The standard InChI is InChI=1S/C27H30N4O5/c1-17(19-12-13-19)30(15-18-8-4-3-5-9-18)23(32)16-31-24(33)27(36-26(31)35)21-11-7-6-10-20(21)14-22(27)29-25(34)28-2/h3-11,17,19,22H,12-16H2,1-2H3,(H2,28,29,34)/t17-,22?,27?/m0/s1/i3D. The number of fused-ring (bicyclic) bond motifs is 2. The Bertz CT molecular complexity index is 1250. The van der Waals surface area contributed by atoms with Crippen molar-refractivity contribution in [3.63, 3.8) is 0 Å². The van der Waals surface area contributed by atoms with E-state index in [1.807, 2.05) is 19.1 Å². The van der Waals surface area contributed by atoms with E-state index in [2.05, 4.69) is 10.6 Å². The second kappa shape index (κ2) is 9.29. The summed E-state index contributed by atoms with van der Waals surface area (Å²) in [7, 11) is 1.46. The molecule has 1 saturated heterocycles. The molecule has 0 bridgehead atoms. The topological polar surface area (TPSA) is 108 Å². The first-order chi connectivity index (χ1) is 17.7. The zero-order valence-electron chi connectivity index (χ0n) is 21.3. The van der Waals surface area contributed by atoms with Crippen LogP contribution in [0.4, 0.5) is 9.59 Å². The van der Waals surface area contributed by atoms with Crippen LogP contribution in [0, 0.1) is 5.92 Å². The zero-order valence-corrected chi connectivity index (χ0v) is 20.3. The van der Waals surface area contributed by atoms with Crippen LogP contribution in [0.1, 0.15) is 37.8 Å². The summed E-state index contributed by atoms with van der Waals surface area (Å²) in [4.78, 5) is 55.3. The summed E-state index contributed by atoms with van der Waals surface area (Å²) in [6.07, 6.45) is 1.44. The van der Waals surface area contributed by atoms with E-state index in [0.29, 0.717) is 30.5 Å². The van der Waals surface area contributed by atoms with Crippen molar-refractivity contribution in [2.24, 2.45) is 5.92 Å². The van der Waals surface area contributed by atoms with E-state index in [9.17, 15) is 19.2 Å². The molecule has 2 aromatic carbocycles. The summed E-state index contributed by atoms with van der Waals surface area (Å²) in [6, 6.07) is 13.1. The number of nitrogens with zero attached hydrogens (tertiary/aromatic N) is 2. The average molecular weight is 492 g/mol. The van der Waals surface area contributed by atoms with E-state index < -0.39 is 36.2 Å². The van der Waals surface area contributed by atoms with Crippen LogP contribution in [0.3, 0.4) is 0 Å². The summed E-state index contributed by atoms with van der Waals surface area (Å²) in [6.45, 7) is 1.83. The van der Waals surface area contributed by atoms with E-state index in [1.54, 1.807) is 41.3 Å². The highest BCUT2D eigenvalue weighted by Gasteiger charge is 2.64. The molecule has 1 spiro atoms. The molecular formula is C27H30N4O5. The maximum absolute atomic E-state index is 13.9. The summed E-state index contributed by atoms with van der Waals surface area (Å²) in [5, 5.41) is 5.23. The Morgan fingerprint density at radius 2 is 1.92 bits per heavy atom. The molecule has 0 aromatic heterocycles. The molecule has 3 aliphatic rings. The van der Waals surface area contributed by atoms with Gasteiger partial charge in [0.1, 0.15) is 6.54 Å². The van der Waals surface area contributed by atoms with E-state index in [4.69, 9.17) is 6.11 Å². The van der Waals surface area contributed by atoms with Gasteiger partial charge in [0.25, 0.3) is 5.91 Å². The Hall–Kier alpha value is -3.88. The highest BCUT2D eigenvalue weighted by Crippen LogP contribution is 2.45. The van der Waals surface area contributed by atoms with Crippen LogP contribution >= 0.6 is 0 Å². The van der Waals surface area contributed by atoms with Crippen LogP contribution in [0.5, 0.6) is 0 Å². The van der Waals surface area contributed by atoms with Crippen LogP contribution in [-0.2, 0) is 32.9 Å². The molecule has 5 amide bonds. The minimum absolute atomic E-state index is 0.0688. The average Bonchev–Trinajstić information content (AvgIpc) is 3.66. The van der Waals surface area contributed by atoms with Gasteiger partial charge in [-0.05, 0) is 43.2 Å².